The van der Waals surface area contributed by atoms with Crippen LogP contribution in [-0.4, -0.2) is 19.3 Å². The quantitative estimate of drug-likeness (QED) is 0.365. The molecule has 2 nitrogen and oxygen atoms in total. The van der Waals surface area contributed by atoms with E-state index in [1.807, 2.05) is 18.2 Å². The average Bonchev–Trinajstić information content (AvgIpc) is 2.78. The third-order valence-corrected chi connectivity index (χ3v) is 7.72. The number of hydrogen-bond acceptors (Lipinski definition) is 2. The first-order valence-corrected chi connectivity index (χ1v) is 11.9. The average molecular weight is 411 g/mol. The molecule has 2 fully saturated rings. The molecule has 2 aliphatic rings. The first kappa shape index (κ1) is 21.3. The summed E-state index contributed by atoms with van der Waals surface area (Å²) in [5, 5.41) is 2.06. The predicted molar refractivity (Wildman–Crippen MR) is 121 cm³/mol. The molecule has 2 aliphatic carbocycles. The molecule has 0 heterocycles. The van der Waals surface area contributed by atoms with Crippen LogP contribution in [0.1, 0.15) is 86.6 Å². The van der Waals surface area contributed by atoms with Gasteiger partial charge in [-0.05, 0) is 71.9 Å². The topological polar surface area (TPSA) is 26.3 Å². The second kappa shape index (κ2) is 9.49. The van der Waals surface area contributed by atoms with E-state index in [0.717, 1.165) is 35.1 Å². The minimum absolute atomic E-state index is 0.00701. The molecule has 0 N–H and O–H groups in total. The number of ether oxygens (including phenoxy) is 1. The van der Waals surface area contributed by atoms with Gasteiger partial charge in [0.1, 0.15) is 6.17 Å². The molecule has 162 valence electrons. The van der Waals surface area contributed by atoms with E-state index in [0.29, 0.717) is 11.5 Å². The van der Waals surface area contributed by atoms with Gasteiger partial charge in [0.25, 0.3) is 0 Å². The van der Waals surface area contributed by atoms with Crippen LogP contribution in [0.25, 0.3) is 10.8 Å². The molecule has 0 aliphatic heterocycles. The lowest BCUT2D eigenvalue weighted by molar-refractivity contribution is 0.0326. The van der Waals surface area contributed by atoms with Gasteiger partial charge >= 0.3 is 5.97 Å². The minimum atomic E-state index is -0.730. The van der Waals surface area contributed by atoms with Crippen molar-refractivity contribution < 1.29 is 13.9 Å². The third-order valence-electron chi connectivity index (χ3n) is 7.72. The summed E-state index contributed by atoms with van der Waals surface area (Å²) in [5.41, 5.74) is 1.67. The van der Waals surface area contributed by atoms with E-state index in [2.05, 4.69) is 19.1 Å². The van der Waals surface area contributed by atoms with Gasteiger partial charge in [-0.15, -0.1) is 0 Å². The Bertz CT molecular complexity index is 876. The number of unbranched alkanes of at least 4 members (excludes halogenated alkanes) is 2. The van der Waals surface area contributed by atoms with Crippen molar-refractivity contribution in [1.82, 2.24) is 0 Å². The lowest BCUT2D eigenvalue weighted by atomic mass is 9.62. The summed E-state index contributed by atoms with van der Waals surface area (Å²) in [6, 6.07) is 11.8. The second-order valence-electron chi connectivity index (χ2n) is 9.54. The molecule has 5 atom stereocenters. The van der Waals surface area contributed by atoms with E-state index in [1.165, 1.54) is 52.1 Å². The van der Waals surface area contributed by atoms with Crippen LogP contribution in [0.4, 0.5) is 4.39 Å². The molecule has 0 bridgehead atoms. The Hall–Kier alpha value is -1.90. The summed E-state index contributed by atoms with van der Waals surface area (Å²) in [6.07, 6.45) is 10.2. The maximum atomic E-state index is 15.7. The van der Waals surface area contributed by atoms with Crippen molar-refractivity contribution in [2.24, 2.45) is 17.8 Å². The van der Waals surface area contributed by atoms with Crippen LogP contribution in [-0.2, 0) is 4.74 Å². The Morgan fingerprint density at radius 1 is 1.03 bits per heavy atom. The van der Waals surface area contributed by atoms with Crippen molar-refractivity contribution in [3.8, 4) is 0 Å². The highest BCUT2D eigenvalue weighted by Gasteiger charge is 2.43. The fourth-order valence-corrected chi connectivity index (χ4v) is 6.02. The number of methoxy groups -OCH3 is 1. The smallest absolute Gasteiger partial charge is 0.337 e. The molecule has 0 spiro atoms. The molecule has 2 aromatic rings. The van der Waals surface area contributed by atoms with Gasteiger partial charge in [-0.3, -0.25) is 0 Å². The summed E-state index contributed by atoms with van der Waals surface area (Å²) in [5.74, 6) is 1.33. The van der Waals surface area contributed by atoms with E-state index in [4.69, 9.17) is 4.74 Å². The highest BCUT2D eigenvalue weighted by atomic mass is 19.1. The van der Waals surface area contributed by atoms with E-state index >= 15 is 4.39 Å². The highest BCUT2D eigenvalue weighted by Crippen LogP contribution is 2.50. The van der Waals surface area contributed by atoms with Gasteiger partial charge < -0.3 is 4.74 Å². The number of alkyl halides is 1. The third kappa shape index (κ3) is 4.40. The number of rotatable bonds is 6. The van der Waals surface area contributed by atoms with Crippen molar-refractivity contribution in [2.75, 3.05) is 7.11 Å². The van der Waals surface area contributed by atoms with Crippen LogP contribution < -0.4 is 0 Å². The second-order valence-corrected chi connectivity index (χ2v) is 9.54. The molecule has 2 saturated carbocycles. The first-order chi connectivity index (χ1) is 14.6. The number of fused-ring (bicyclic) bond motifs is 2. The number of esters is 1. The minimum Gasteiger partial charge on any atom is -0.465 e. The molecular formula is C27H35FO2. The molecule has 2 aromatic carbocycles. The summed E-state index contributed by atoms with van der Waals surface area (Å²) in [4.78, 5) is 11.8. The van der Waals surface area contributed by atoms with E-state index in [9.17, 15) is 4.79 Å². The number of carbonyl (C=O) groups excluding carboxylic acids is 1. The first-order valence-electron chi connectivity index (χ1n) is 11.9. The molecule has 0 aromatic heterocycles. The lowest BCUT2D eigenvalue weighted by Gasteiger charge is -2.44. The number of hydrogen-bond donors (Lipinski definition) is 0. The lowest BCUT2D eigenvalue weighted by Crippen LogP contribution is -2.39. The Balaban J connectivity index is 1.45. The van der Waals surface area contributed by atoms with Crippen LogP contribution in [0.3, 0.4) is 0 Å². The molecular weight excluding hydrogens is 375 g/mol. The molecule has 3 heteroatoms. The van der Waals surface area contributed by atoms with Crippen molar-refractivity contribution in [1.29, 1.82) is 0 Å². The molecule has 5 unspecified atom stereocenters. The van der Waals surface area contributed by atoms with E-state index in [-0.39, 0.29) is 17.8 Å². The zero-order valence-electron chi connectivity index (χ0n) is 18.4. The fourth-order valence-electron chi connectivity index (χ4n) is 6.02. The Labute approximate surface area is 180 Å². The summed E-state index contributed by atoms with van der Waals surface area (Å²) in [7, 11) is 1.39. The SMILES string of the molecule is CCCCCC1CCC2C(CCC(c3ccc4cc(C(=O)OC)ccc4c3)C2F)C1. The maximum absolute atomic E-state index is 15.7. The monoisotopic (exact) mass is 410 g/mol. The normalized spacial score (nSPS) is 28.8. The van der Waals surface area contributed by atoms with Crippen LogP contribution in [0.2, 0.25) is 0 Å². The van der Waals surface area contributed by atoms with Crippen molar-refractivity contribution in [3.05, 3.63) is 47.5 Å². The van der Waals surface area contributed by atoms with Crippen molar-refractivity contribution >= 4 is 16.7 Å². The largest absolute Gasteiger partial charge is 0.465 e. The van der Waals surface area contributed by atoms with Crippen LogP contribution in [0.15, 0.2) is 36.4 Å². The van der Waals surface area contributed by atoms with Crippen LogP contribution in [0.5, 0.6) is 0 Å². The Morgan fingerprint density at radius 3 is 2.63 bits per heavy atom. The number of carbonyl (C=O) groups is 1. The van der Waals surface area contributed by atoms with E-state index < -0.39 is 6.17 Å². The van der Waals surface area contributed by atoms with Gasteiger partial charge in [0, 0.05) is 5.92 Å². The Kier molecular flexibility index (Phi) is 6.75. The van der Waals surface area contributed by atoms with Crippen molar-refractivity contribution in [2.45, 2.75) is 76.8 Å². The summed E-state index contributed by atoms with van der Waals surface area (Å²) >= 11 is 0. The number of benzene rings is 2. The zero-order valence-corrected chi connectivity index (χ0v) is 18.4. The van der Waals surface area contributed by atoms with Crippen LogP contribution >= 0.6 is 0 Å². The summed E-state index contributed by atoms with van der Waals surface area (Å²) < 4.78 is 20.5. The van der Waals surface area contributed by atoms with Gasteiger partial charge in [-0.25, -0.2) is 9.18 Å². The maximum Gasteiger partial charge on any atom is 0.337 e. The van der Waals surface area contributed by atoms with Gasteiger partial charge in [0.05, 0.1) is 12.7 Å². The molecule has 0 saturated heterocycles. The van der Waals surface area contributed by atoms with Gasteiger partial charge in [0.2, 0.25) is 0 Å². The van der Waals surface area contributed by atoms with Crippen LogP contribution in [0, 0.1) is 17.8 Å². The zero-order chi connectivity index (χ0) is 21.1. The van der Waals surface area contributed by atoms with Crippen molar-refractivity contribution in [3.63, 3.8) is 0 Å². The highest BCUT2D eigenvalue weighted by molar-refractivity contribution is 5.95. The van der Waals surface area contributed by atoms with Gasteiger partial charge in [-0.1, -0.05) is 63.3 Å². The number of halogens is 1. The van der Waals surface area contributed by atoms with Gasteiger partial charge in [-0.2, -0.15) is 0 Å². The molecule has 4 rings (SSSR count). The summed E-state index contributed by atoms with van der Waals surface area (Å²) in [6.45, 7) is 2.26. The molecule has 0 amide bonds. The molecule has 0 radical (unpaired) electrons. The Morgan fingerprint density at radius 2 is 1.83 bits per heavy atom. The predicted octanol–water partition coefficient (Wildman–Crippen LogP) is 7.45. The van der Waals surface area contributed by atoms with Gasteiger partial charge in [0.15, 0.2) is 0 Å². The van der Waals surface area contributed by atoms with E-state index in [1.54, 1.807) is 6.07 Å². The standard InChI is InChI=1S/C27H35FO2/c1-3-4-5-6-18-7-13-24-21(15-18)12-14-25(26(24)28)22-10-8-20-17-23(27(29)30-2)11-9-19(20)16-22/h8-11,16-18,21,24-26H,3-7,12-15H2,1-2H3. The fraction of sp³-hybridized carbons (Fsp3) is 0.593. The molecule has 30 heavy (non-hydrogen) atoms.